The molecule has 2 aliphatic rings. The number of carbonyl (C=O) groups is 2. The number of hydrogen-bond donors (Lipinski definition) is 1. The molecule has 0 spiro atoms. The van der Waals surface area contributed by atoms with Crippen LogP contribution in [0.2, 0.25) is 0 Å². The van der Waals surface area contributed by atoms with Gasteiger partial charge in [-0.2, -0.15) is 22.0 Å². The van der Waals surface area contributed by atoms with Crippen molar-refractivity contribution in [1.82, 2.24) is 14.9 Å². The molecule has 2 aromatic carbocycles. The summed E-state index contributed by atoms with van der Waals surface area (Å²) in [6.07, 6.45) is -3.96. The van der Waals surface area contributed by atoms with Crippen LogP contribution in [0, 0.1) is 35.0 Å². The molecule has 2 aliphatic heterocycles. The maximum absolute atomic E-state index is 15.3. The number of Topliss-reactive ketones (excluding diaryl/α,β-unsaturated/α-hetero) is 1. The minimum absolute atomic E-state index is 0.0113. The van der Waals surface area contributed by atoms with E-state index in [0.717, 1.165) is 23.4 Å². The third-order valence-electron chi connectivity index (χ3n) is 6.96. The minimum Gasteiger partial charge on any atom is -0.451 e. The molecule has 2 atom stereocenters. The summed E-state index contributed by atoms with van der Waals surface area (Å²) in [5.41, 5.74) is 6.28. The van der Waals surface area contributed by atoms with E-state index in [2.05, 4.69) is 15.0 Å². The molecule has 2 unspecified atom stereocenters. The van der Waals surface area contributed by atoms with Crippen molar-refractivity contribution in [2.75, 3.05) is 25.4 Å². The molecule has 1 saturated heterocycles. The van der Waals surface area contributed by atoms with Gasteiger partial charge in [0.2, 0.25) is 17.4 Å². The van der Waals surface area contributed by atoms with Gasteiger partial charge >= 0.3 is 12.0 Å². The molecule has 220 valence electrons. The summed E-state index contributed by atoms with van der Waals surface area (Å²) in [5.74, 6) is -15.3. The van der Waals surface area contributed by atoms with Crippen molar-refractivity contribution in [2.45, 2.75) is 18.5 Å². The fourth-order valence-electron chi connectivity index (χ4n) is 4.96. The van der Waals surface area contributed by atoms with Gasteiger partial charge in [0.05, 0.1) is 17.0 Å². The van der Waals surface area contributed by atoms with E-state index >= 15 is 4.39 Å². The number of nitrogen functional groups attached to an aromatic ring is 1. The summed E-state index contributed by atoms with van der Waals surface area (Å²) in [6.45, 7) is -0.343. The zero-order chi connectivity index (χ0) is 30.5. The number of benzene rings is 2. The van der Waals surface area contributed by atoms with Crippen LogP contribution in [0.25, 0.3) is 0 Å². The van der Waals surface area contributed by atoms with Gasteiger partial charge in [-0.15, -0.1) is 0 Å². The highest BCUT2D eigenvalue weighted by Crippen LogP contribution is 2.39. The highest BCUT2D eigenvalue weighted by molar-refractivity contribution is 6.38. The number of carbonyl (C=O) groups excluding carboxylic acids is 2. The van der Waals surface area contributed by atoms with E-state index in [1.165, 1.54) is 0 Å². The number of amides is 1. The van der Waals surface area contributed by atoms with Gasteiger partial charge in [0.25, 0.3) is 5.91 Å². The summed E-state index contributed by atoms with van der Waals surface area (Å²) in [4.78, 5) is 36.8. The van der Waals surface area contributed by atoms with Crippen molar-refractivity contribution >= 4 is 23.2 Å². The normalized spacial score (nSPS) is 18.5. The fourth-order valence-corrected chi connectivity index (χ4v) is 4.96. The zero-order valence-electron chi connectivity index (χ0n) is 21.0. The van der Waals surface area contributed by atoms with Crippen LogP contribution in [0.5, 0.6) is 11.5 Å². The molecule has 42 heavy (non-hydrogen) atoms. The van der Waals surface area contributed by atoms with E-state index in [0.29, 0.717) is 6.07 Å². The molecule has 0 aliphatic carbocycles. The molecule has 0 saturated carbocycles. The molecule has 1 fully saturated rings. The second-order valence-corrected chi connectivity index (χ2v) is 9.48. The van der Waals surface area contributed by atoms with Gasteiger partial charge in [0.1, 0.15) is 23.7 Å². The first-order valence-electron chi connectivity index (χ1n) is 12.1. The van der Waals surface area contributed by atoms with Gasteiger partial charge < -0.3 is 15.4 Å². The number of aliphatic imine (C=N–C) groups is 1. The van der Waals surface area contributed by atoms with Crippen LogP contribution in [-0.4, -0.2) is 58.1 Å². The van der Waals surface area contributed by atoms with Crippen molar-refractivity contribution in [3.05, 3.63) is 76.5 Å². The molecule has 1 aromatic heterocycles. The standard InChI is InChI=1S/C26H17F8N5O3/c27-14-5-11(42-22-18(30)15(28)6-16(29)19(22)31)1-2-12(14)20-17-21(37-9-38-24(17)35)13(7-36-20)10-3-4-39(8-10)25(41)23(40)26(32,33)34/h1-2,5-6,9-10,13H,3-4,7-8H2,(H2,35,37,38). The highest BCUT2D eigenvalue weighted by Gasteiger charge is 2.47. The van der Waals surface area contributed by atoms with Gasteiger partial charge in [-0.3, -0.25) is 14.6 Å². The van der Waals surface area contributed by atoms with E-state index in [4.69, 9.17) is 10.5 Å². The number of likely N-dealkylation sites (tertiary alicyclic amines) is 1. The molecule has 2 N–H and O–H groups in total. The number of rotatable bonds is 5. The second-order valence-electron chi connectivity index (χ2n) is 9.48. The Morgan fingerprint density at radius 1 is 0.976 bits per heavy atom. The summed E-state index contributed by atoms with van der Waals surface area (Å²) >= 11 is 0. The third-order valence-corrected chi connectivity index (χ3v) is 6.96. The monoisotopic (exact) mass is 599 g/mol. The number of nitrogens with zero attached hydrogens (tertiary/aromatic N) is 4. The predicted molar refractivity (Wildman–Crippen MR) is 128 cm³/mol. The van der Waals surface area contributed by atoms with E-state index < -0.39 is 70.3 Å². The lowest BCUT2D eigenvalue weighted by atomic mass is 9.82. The number of hydrogen-bond acceptors (Lipinski definition) is 7. The van der Waals surface area contributed by atoms with E-state index in [1.807, 2.05) is 0 Å². The number of anilines is 1. The Labute approximate surface area is 230 Å². The number of halogens is 8. The van der Waals surface area contributed by atoms with E-state index in [9.17, 15) is 40.3 Å². The highest BCUT2D eigenvalue weighted by atomic mass is 19.4. The SMILES string of the molecule is Nc1ncnc2c1C(c1ccc(Oc3c(F)c(F)cc(F)c3F)cc1F)=NCC2C1CCN(C(=O)C(=O)C(F)(F)F)C1. The van der Waals surface area contributed by atoms with Gasteiger partial charge in [0, 0.05) is 43.2 Å². The van der Waals surface area contributed by atoms with Crippen LogP contribution in [-0.2, 0) is 9.59 Å². The van der Waals surface area contributed by atoms with Gasteiger partial charge in [-0.05, 0) is 24.5 Å². The average Bonchev–Trinajstić information content (AvgIpc) is 3.43. The van der Waals surface area contributed by atoms with Crippen molar-refractivity contribution in [3.63, 3.8) is 0 Å². The van der Waals surface area contributed by atoms with E-state index in [1.54, 1.807) is 0 Å². The van der Waals surface area contributed by atoms with Crippen molar-refractivity contribution in [3.8, 4) is 11.5 Å². The number of fused-ring (bicyclic) bond motifs is 1. The minimum atomic E-state index is -5.31. The molecule has 5 rings (SSSR count). The summed E-state index contributed by atoms with van der Waals surface area (Å²) in [7, 11) is 0. The Hall–Kier alpha value is -4.63. The largest absolute Gasteiger partial charge is 0.460 e. The third kappa shape index (κ3) is 5.12. The Kier molecular flexibility index (Phi) is 7.32. The first-order chi connectivity index (χ1) is 19.8. The second kappa shape index (κ2) is 10.6. The van der Waals surface area contributed by atoms with Crippen LogP contribution in [0.1, 0.15) is 29.2 Å². The maximum atomic E-state index is 15.3. The van der Waals surface area contributed by atoms with E-state index in [-0.39, 0.29) is 60.5 Å². The molecule has 0 bridgehead atoms. The molecule has 0 radical (unpaired) electrons. The van der Waals surface area contributed by atoms with Crippen LogP contribution >= 0.6 is 0 Å². The summed E-state index contributed by atoms with van der Waals surface area (Å²) in [5, 5.41) is 0. The van der Waals surface area contributed by atoms with Crippen LogP contribution in [0.4, 0.5) is 40.9 Å². The number of aromatic nitrogens is 2. The number of nitrogens with two attached hydrogens (primary N) is 1. The molecule has 1 amide bonds. The van der Waals surface area contributed by atoms with Crippen molar-refractivity contribution in [2.24, 2.45) is 10.9 Å². The molecule has 16 heteroatoms. The Bertz CT molecular complexity index is 1620. The molecule has 8 nitrogen and oxygen atoms in total. The zero-order valence-corrected chi connectivity index (χ0v) is 21.0. The van der Waals surface area contributed by atoms with Crippen LogP contribution in [0.15, 0.2) is 35.6 Å². The van der Waals surface area contributed by atoms with Gasteiger partial charge in [0.15, 0.2) is 11.6 Å². The van der Waals surface area contributed by atoms with Crippen molar-refractivity contribution in [1.29, 1.82) is 0 Å². The number of alkyl halides is 3. The van der Waals surface area contributed by atoms with Crippen LogP contribution < -0.4 is 10.5 Å². The lowest BCUT2D eigenvalue weighted by Gasteiger charge is -2.29. The smallest absolute Gasteiger partial charge is 0.451 e. The molecular weight excluding hydrogens is 582 g/mol. The lowest BCUT2D eigenvalue weighted by Crippen LogP contribution is -2.42. The van der Waals surface area contributed by atoms with Crippen LogP contribution in [0.3, 0.4) is 0 Å². The Morgan fingerprint density at radius 3 is 2.31 bits per heavy atom. The first-order valence-corrected chi connectivity index (χ1v) is 12.1. The maximum Gasteiger partial charge on any atom is 0.460 e. The number of ketones is 1. The Balaban J connectivity index is 1.42. The van der Waals surface area contributed by atoms with Gasteiger partial charge in [-0.25, -0.2) is 23.1 Å². The topological polar surface area (TPSA) is 111 Å². The lowest BCUT2D eigenvalue weighted by molar-refractivity contribution is -0.178. The average molecular weight is 599 g/mol. The molecule has 3 heterocycles. The predicted octanol–water partition coefficient (Wildman–Crippen LogP) is 4.46. The fraction of sp³-hybridized carbons (Fsp3) is 0.269. The Morgan fingerprint density at radius 2 is 1.67 bits per heavy atom. The molecule has 3 aromatic rings. The summed E-state index contributed by atoms with van der Waals surface area (Å²) < 4.78 is 113. The molecular formula is C26H17F8N5O3. The van der Waals surface area contributed by atoms with Gasteiger partial charge in [-0.1, -0.05) is 0 Å². The van der Waals surface area contributed by atoms with Crippen molar-refractivity contribution < 1.29 is 49.4 Å². The quantitative estimate of drug-likeness (QED) is 0.264. The summed E-state index contributed by atoms with van der Waals surface area (Å²) in [6, 6.07) is 2.86. The first kappa shape index (κ1) is 28.9. The number of ether oxygens (including phenoxy) is 1.